The first kappa shape index (κ1) is 19.3. The quantitative estimate of drug-likeness (QED) is 0.779. The summed E-state index contributed by atoms with van der Waals surface area (Å²) in [7, 11) is 1.26. The Kier molecular flexibility index (Phi) is 5.14. The first-order valence-electron chi connectivity index (χ1n) is 9.52. The number of carbonyl (C=O) groups is 2. The molecule has 9 nitrogen and oxygen atoms in total. The SMILES string of the molecule is COC(=O)c1cc([C@H]2CCCN2C(=O)O)c2oc(N3CCOCC3)cc(=O)c2c1. The Bertz CT molecular complexity index is 1010. The van der Waals surface area contributed by atoms with Crippen LogP contribution in [0, 0.1) is 0 Å². The van der Waals surface area contributed by atoms with E-state index in [-0.39, 0.29) is 16.4 Å². The summed E-state index contributed by atoms with van der Waals surface area (Å²) in [6.07, 6.45) is 0.224. The molecule has 1 atom stereocenters. The first-order valence-corrected chi connectivity index (χ1v) is 9.52. The van der Waals surface area contributed by atoms with Gasteiger partial charge in [0, 0.05) is 31.3 Å². The van der Waals surface area contributed by atoms with Gasteiger partial charge in [-0.05, 0) is 25.0 Å². The lowest BCUT2D eigenvalue weighted by atomic mass is 9.98. The number of anilines is 1. The van der Waals surface area contributed by atoms with Crippen molar-refractivity contribution in [3.63, 3.8) is 0 Å². The number of esters is 1. The van der Waals surface area contributed by atoms with Crippen LogP contribution in [0.3, 0.4) is 0 Å². The summed E-state index contributed by atoms with van der Waals surface area (Å²) in [4.78, 5) is 40.0. The monoisotopic (exact) mass is 402 g/mol. The normalized spacial score (nSPS) is 19.6. The number of fused-ring (bicyclic) bond motifs is 1. The number of carbonyl (C=O) groups excluding carboxylic acids is 1. The van der Waals surface area contributed by atoms with Crippen molar-refractivity contribution in [3.8, 4) is 0 Å². The molecule has 0 bridgehead atoms. The third-order valence-electron chi connectivity index (χ3n) is 5.45. The zero-order valence-corrected chi connectivity index (χ0v) is 16.1. The van der Waals surface area contributed by atoms with E-state index < -0.39 is 18.1 Å². The molecular weight excluding hydrogens is 380 g/mol. The Hall–Kier alpha value is -3.07. The van der Waals surface area contributed by atoms with E-state index >= 15 is 0 Å². The molecule has 154 valence electrons. The van der Waals surface area contributed by atoms with Crippen molar-refractivity contribution in [3.05, 3.63) is 39.5 Å². The molecule has 1 aromatic carbocycles. The van der Waals surface area contributed by atoms with Crippen LogP contribution in [0.2, 0.25) is 0 Å². The molecule has 1 N–H and O–H groups in total. The number of methoxy groups -OCH3 is 1. The average Bonchev–Trinajstić information content (AvgIpc) is 3.23. The third kappa shape index (κ3) is 3.53. The summed E-state index contributed by atoms with van der Waals surface area (Å²) in [5.41, 5.74) is 0.720. The van der Waals surface area contributed by atoms with E-state index in [1.165, 1.54) is 24.1 Å². The maximum absolute atomic E-state index is 12.9. The average molecular weight is 402 g/mol. The summed E-state index contributed by atoms with van der Waals surface area (Å²) in [6, 6.07) is 3.93. The van der Waals surface area contributed by atoms with Gasteiger partial charge in [0.15, 0.2) is 11.3 Å². The summed E-state index contributed by atoms with van der Waals surface area (Å²) >= 11 is 0. The first-order chi connectivity index (χ1) is 14.0. The number of rotatable bonds is 3. The highest BCUT2D eigenvalue weighted by Crippen LogP contribution is 2.37. The number of likely N-dealkylation sites (tertiary alicyclic amines) is 1. The minimum absolute atomic E-state index is 0.193. The zero-order chi connectivity index (χ0) is 20.5. The Balaban J connectivity index is 1.92. The molecule has 2 fully saturated rings. The highest BCUT2D eigenvalue weighted by atomic mass is 16.5. The van der Waals surface area contributed by atoms with Crippen LogP contribution in [0.25, 0.3) is 11.0 Å². The van der Waals surface area contributed by atoms with Crippen molar-refractivity contribution in [2.24, 2.45) is 0 Å². The molecule has 0 spiro atoms. The van der Waals surface area contributed by atoms with Gasteiger partial charge in [0.1, 0.15) is 5.58 Å². The predicted molar refractivity (Wildman–Crippen MR) is 104 cm³/mol. The van der Waals surface area contributed by atoms with Gasteiger partial charge in [0.25, 0.3) is 0 Å². The van der Waals surface area contributed by atoms with E-state index in [2.05, 4.69) is 0 Å². The third-order valence-corrected chi connectivity index (χ3v) is 5.45. The molecule has 0 saturated carbocycles. The molecule has 29 heavy (non-hydrogen) atoms. The maximum atomic E-state index is 12.9. The Morgan fingerprint density at radius 1 is 1.17 bits per heavy atom. The van der Waals surface area contributed by atoms with Gasteiger partial charge in [0.05, 0.1) is 37.3 Å². The van der Waals surface area contributed by atoms with Gasteiger partial charge in [-0.25, -0.2) is 9.59 Å². The maximum Gasteiger partial charge on any atom is 0.407 e. The smallest absolute Gasteiger partial charge is 0.407 e. The van der Waals surface area contributed by atoms with Crippen LogP contribution in [0.15, 0.2) is 27.4 Å². The van der Waals surface area contributed by atoms with E-state index in [0.717, 1.165) is 0 Å². The lowest BCUT2D eigenvalue weighted by Gasteiger charge is -2.28. The highest BCUT2D eigenvalue weighted by molar-refractivity contribution is 5.95. The fraction of sp³-hybridized carbons (Fsp3) is 0.450. The van der Waals surface area contributed by atoms with Gasteiger partial charge in [-0.2, -0.15) is 0 Å². The number of morpholine rings is 1. The molecule has 2 aliphatic heterocycles. The number of carboxylic acid groups (broad SMARTS) is 1. The zero-order valence-electron chi connectivity index (χ0n) is 16.1. The molecular formula is C20H22N2O7. The number of nitrogens with zero attached hydrogens (tertiary/aromatic N) is 2. The summed E-state index contributed by atoms with van der Waals surface area (Å²) in [5.74, 6) is -0.178. The lowest BCUT2D eigenvalue weighted by molar-refractivity contribution is 0.0600. The van der Waals surface area contributed by atoms with Gasteiger partial charge in [-0.15, -0.1) is 0 Å². The van der Waals surface area contributed by atoms with Gasteiger partial charge >= 0.3 is 12.1 Å². The molecule has 3 heterocycles. The number of benzene rings is 1. The topological polar surface area (TPSA) is 110 Å². The second-order valence-electron chi connectivity index (χ2n) is 7.12. The van der Waals surface area contributed by atoms with Crippen molar-refractivity contribution in [2.75, 3.05) is 44.9 Å². The van der Waals surface area contributed by atoms with Crippen LogP contribution in [-0.4, -0.2) is 62.0 Å². The van der Waals surface area contributed by atoms with E-state index in [0.29, 0.717) is 62.7 Å². The minimum atomic E-state index is -1.05. The van der Waals surface area contributed by atoms with Crippen LogP contribution in [0.1, 0.15) is 34.8 Å². The summed E-state index contributed by atoms with van der Waals surface area (Å²) < 4.78 is 16.3. The van der Waals surface area contributed by atoms with E-state index in [1.54, 1.807) is 6.07 Å². The van der Waals surface area contributed by atoms with E-state index in [9.17, 15) is 19.5 Å². The largest absolute Gasteiger partial charge is 0.465 e. The molecule has 2 aliphatic rings. The fourth-order valence-corrected chi connectivity index (χ4v) is 4.01. The van der Waals surface area contributed by atoms with Crippen LogP contribution in [0.5, 0.6) is 0 Å². The molecule has 0 aliphatic carbocycles. The van der Waals surface area contributed by atoms with Crippen LogP contribution in [-0.2, 0) is 9.47 Å². The standard InChI is InChI=1S/C20H22N2O7/c1-27-19(24)12-9-13(15-3-2-4-22(15)20(25)26)18-14(10-12)16(23)11-17(29-18)21-5-7-28-8-6-21/h9-11,15H,2-8H2,1H3,(H,25,26)/t15-/m1/s1. The van der Waals surface area contributed by atoms with Crippen LogP contribution in [0.4, 0.5) is 10.7 Å². The predicted octanol–water partition coefficient (Wildman–Crippen LogP) is 2.23. The number of amides is 1. The molecule has 4 rings (SSSR count). The Morgan fingerprint density at radius 3 is 2.62 bits per heavy atom. The van der Waals surface area contributed by atoms with Crippen molar-refractivity contribution < 1.29 is 28.6 Å². The van der Waals surface area contributed by atoms with Crippen molar-refractivity contribution >= 4 is 28.9 Å². The van der Waals surface area contributed by atoms with Gasteiger partial charge in [-0.3, -0.25) is 4.79 Å². The van der Waals surface area contributed by atoms with Crippen molar-refractivity contribution in [1.82, 2.24) is 4.90 Å². The fourth-order valence-electron chi connectivity index (χ4n) is 4.01. The van der Waals surface area contributed by atoms with Gasteiger partial charge < -0.3 is 28.8 Å². The lowest BCUT2D eigenvalue weighted by Crippen LogP contribution is -2.36. The Morgan fingerprint density at radius 2 is 1.93 bits per heavy atom. The van der Waals surface area contributed by atoms with Gasteiger partial charge in [-0.1, -0.05) is 0 Å². The molecule has 2 aromatic rings. The van der Waals surface area contributed by atoms with Crippen LogP contribution < -0.4 is 10.3 Å². The number of hydrogen-bond donors (Lipinski definition) is 1. The van der Waals surface area contributed by atoms with Crippen molar-refractivity contribution in [2.45, 2.75) is 18.9 Å². The molecule has 9 heteroatoms. The van der Waals surface area contributed by atoms with Crippen LogP contribution >= 0.6 is 0 Å². The van der Waals surface area contributed by atoms with E-state index in [1.807, 2.05) is 4.90 Å². The summed E-state index contributed by atoms with van der Waals surface area (Å²) in [5, 5.41) is 9.81. The minimum Gasteiger partial charge on any atom is -0.465 e. The molecule has 1 amide bonds. The second kappa shape index (κ2) is 7.75. The summed E-state index contributed by atoms with van der Waals surface area (Å²) in [6.45, 7) is 2.64. The van der Waals surface area contributed by atoms with E-state index in [4.69, 9.17) is 13.9 Å². The van der Waals surface area contributed by atoms with Gasteiger partial charge in [0.2, 0.25) is 0 Å². The molecule has 0 radical (unpaired) electrons. The molecule has 2 saturated heterocycles. The Labute approximate surface area is 166 Å². The molecule has 0 unspecified atom stereocenters. The highest BCUT2D eigenvalue weighted by Gasteiger charge is 2.33. The molecule has 1 aromatic heterocycles. The van der Waals surface area contributed by atoms with Crippen molar-refractivity contribution in [1.29, 1.82) is 0 Å². The number of hydrogen-bond acceptors (Lipinski definition) is 7. The second-order valence-corrected chi connectivity index (χ2v) is 7.12. The number of ether oxygens (including phenoxy) is 2.